The maximum absolute atomic E-state index is 5.06. The highest BCUT2D eigenvalue weighted by Gasteiger charge is 1.92. The second kappa shape index (κ2) is 8.57. The van der Waals surface area contributed by atoms with Gasteiger partial charge in [0.15, 0.2) is 0 Å². The molecule has 2 heteroatoms. The molecule has 0 saturated carbocycles. The third kappa shape index (κ3) is 4.87. The van der Waals surface area contributed by atoms with Crippen molar-refractivity contribution in [3.8, 4) is 5.75 Å². The average Bonchev–Trinajstić information content (AvgIpc) is 2.30. The van der Waals surface area contributed by atoms with Crippen LogP contribution in [-0.4, -0.2) is 20.7 Å². The molecule has 1 rings (SSSR count). The minimum atomic E-state index is 0.920. The molecule has 0 unspecified atom stereocenters. The number of methoxy groups -OCH3 is 1. The molecule has 14 heavy (non-hydrogen) atoms. The van der Waals surface area contributed by atoms with Crippen molar-refractivity contribution in [2.24, 2.45) is 0 Å². The molecule has 2 nitrogen and oxygen atoms in total. The van der Waals surface area contributed by atoms with Crippen molar-refractivity contribution >= 4 is 0 Å². The molecular formula is C12H21NO. The van der Waals surface area contributed by atoms with E-state index in [0.29, 0.717) is 0 Å². The first-order chi connectivity index (χ1) is 6.86. The van der Waals surface area contributed by atoms with Crippen LogP contribution >= 0.6 is 0 Å². The molecule has 1 aromatic rings. The van der Waals surface area contributed by atoms with E-state index < -0.39 is 0 Å². The monoisotopic (exact) mass is 195 g/mol. The van der Waals surface area contributed by atoms with E-state index in [1.165, 1.54) is 5.56 Å². The van der Waals surface area contributed by atoms with E-state index in [1.54, 1.807) is 7.11 Å². The lowest BCUT2D eigenvalue weighted by Gasteiger charge is -2.02. The number of benzene rings is 1. The summed E-state index contributed by atoms with van der Waals surface area (Å²) in [5.41, 5.74) is 1.34. The van der Waals surface area contributed by atoms with E-state index in [1.807, 2.05) is 33.0 Å². The molecule has 0 spiro atoms. The van der Waals surface area contributed by atoms with Crippen LogP contribution in [0, 0.1) is 0 Å². The zero-order chi connectivity index (χ0) is 10.8. The van der Waals surface area contributed by atoms with Crippen LogP contribution in [0.1, 0.15) is 19.4 Å². The Hall–Kier alpha value is -1.02. The van der Waals surface area contributed by atoms with Gasteiger partial charge in [0.2, 0.25) is 0 Å². The van der Waals surface area contributed by atoms with Crippen LogP contribution in [0.15, 0.2) is 24.3 Å². The van der Waals surface area contributed by atoms with Crippen molar-refractivity contribution in [2.45, 2.75) is 20.3 Å². The van der Waals surface area contributed by atoms with Crippen LogP contribution in [0.3, 0.4) is 0 Å². The van der Waals surface area contributed by atoms with E-state index in [2.05, 4.69) is 17.4 Å². The predicted octanol–water partition coefficient (Wildman–Crippen LogP) is 2.48. The Morgan fingerprint density at radius 1 is 1.14 bits per heavy atom. The topological polar surface area (TPSA) is 21.3 Å². The third-order valence-electron chi connectivity index (χ3n) is 1.82. The van der Waals surface area contributed by atoms with Crippen LogP contribution < -0.4 is 10.1 Å². The quantitative estimate of drug-likeness (QED) is 0.797. The van der Waals surface area contributed by atoms with E-state index in [-0.39, 0.29) is 0 Å². The van der Waals surface area contributed by atoms with Crippen LogP contribution in [0.2, 0.25) is 0 Å². The molecule has 0 atom stereocenters. The Balaban J connectivity index is 0.000000791. The third-order valence-corrected chi connectivity index (χ3v) is 1.82. The summed E-state index contributed by atoms with van der Waals surface area (Å²) >= 11 is 0. The largest absolute Gasteiger partial charge is 0.497 e. The number of rotatable bonds is 4. The van der Waals surface area contributed by atoms with E-state index in [4.69, 9.17) is 4.74 Å². The smallest absolute Gasteiger partial charge is 0.118 e. The molecule has 0 fully saturated rings. The van der Waals surface area contributed by atoms with Crippen LogP contribution in [0.4, 0.5) is 0 Å². The molecule has 0 heterocycles. The maximum atomic E-state index is 5.06. The molecule has 1 aromatic carbocycles. The summed E-state index contributed by atoms with van der Waals surface area (Å²) in [7, 11) is 3.64. The van der Waals surface area contributed by atoms with Crippen molar-refractivity contribution < 1.29 is 4.74 Å². The Morgan fingerprint density at radius 3 is 2.14 bits per heavy atom. The van der Waals surface area contributed by atoms with Gasteiger partial charge in [-0.25, -0.2) is 0 Å². The van der Waals surface area contributed by atoms with Gasteiger partial charge in [0, 0.05) is 0 Å². The van der Waals surface area contributed by atoms with Gasteiger partial charge < -0.3 is 10.1 Å². The average molecular weight is 195 g/mol. The second-order valence-electron chi connectivity index (χ2n) is 2.70. The minimum absolute atomic E-state index is 0.920. The molecule has 1 N–H and O–H groups in total. The molecular weight excluding hydrogens is 174 g/mol. The molecule has 0 aliphatic rings. The van der Waals surface area contributed by atoms with Gasteiger partial charge >= 0.3 is 0 Å². The van der Waals surface area contributed by atoms with Gasteiger partial charge in [0.1, 0.15) is 5.75 Å². The van der Waals surface area contributed by atoms with Gasteiger partial charge in [0.25, 0.3) is 0 Å². The highest BCUT2D eigenvalue weighted by molar-refractivity contribution is 5.27. The minimum Gasteiger partial charge on any atom is -0.497 e. The van der Waals surface area contributed by atoms with Crippen LogP contribution in [0.25, 0.3) is 0 Å². The van der Waals surface area contributed by atoms with Gasteiger partial charge in [-0.05, 0) is 37.7 Å². The maximum Gasteiger partial charge on any atom is 0.118 e. The van der Waals surface area contributed by atoms with Crippen molar-refractivity contribution in [3.63, 3.8) is 0 Å². The lowest BCUT2D eigenvalue weighted by atomic mass is 10.1. The van der Waals surface area contributed by atoms with E-state index >= 15 is 0 Å². The Bertz CT molecular complexity index is 218. The zero-order valence-electron chi connectivity index (χ0n) is 9.63. The first-order valence-electron chi connectivity index (χ1n) is 5.14. The molecule has 0 amide bonds. The standard InChI is InChI=1S/C10H15NO.C2H6/c1-11-8-7-9-3-5-10(12-2)6-4-9;1-2/h3-6,11H,7-8H2,1-2H3;1-2H3. The molecule has 0 bridgehead atoms. The fraction of sp³-hybridized carbons (Fsp3) is 0.500. The van der Waals surface area contributed by atoms with Gasteiger partial charge in [-0.3, -0.25) is 0 Å². The number of nitrogens with one attached hydrogen (secondary N) is 1. The number of likely N-dealkylation sites (N-methyl/N-ethyl adjacent to an activating group) is 1. The summed E-state index contributed by atoms with van der Waals surface area (Å²) in [6, 6.07) is 8.17. The first-order valence-corrected chi connectivity index (χ1v) is 5.14. The molecule has 0 saturated heterocycles. The van der Waals surface area contributed by atoms with Gasteiger partial charge in [-0.1, -0.05) is 26.0 Å². The summed E-state index contributed by atoms with van der Waals surface area (Å²) in [5.74, 6) is 0.920. The summed E-state index contributed by atoms with van der Waals surface area (Å²) in [5, 5.41) is 3.11. The van der Waals surface area contributed by atoms with Crippen molar-refractivity contribution in [3.05, 3.63) is 29.8 Å². The lowest BCUT2D eigenvalue weighted by Crippen LogP contribution is -2.10. The fourth-order valence-electron chi connectivity index (χ4n) is 1.06. The summed E-state index contributed by atoms with van der Waals surface area (Å²) in [6.45, 7) is 5.02. The highest BCUT2D eigenvalue weighted by Crippen LogP contribution is 2.11. The lowest BCUT2D eigenvalue weighted by molar-refractivity contribution is 0.414. The fourth-order valence-corrected chi connectivity index (χ4v) is 1.06. The SMILES string of the molecule is CC.CNCCc1ccc(OC)cc1. The van der Waals surface area contributed by atoms with Crippen molar-refractivity contribution in [1.82, 2.24) is 5.32 Å². The Morgan fingerprint density at radius 2 is 1.71 bits per heavy atom. The van der Waals surface area contributed by atoms with Crippen LogP contribution in [0.5, 0.6) is 5.75 Å². The number of hydrogen-bond acceptors (Lipinski definition) is 2. The zero-order valence-corrected chi connectivity index (χ0v) is 9.63. The van der Waals surface area contributed by atoms with E-state index in [0.717, 1.165) is 18.7 Å². The van der Waals surface area contributed by atoms with Gasteiger partial charge in [0.05, 0.1) is 7.11 Å². The molecule has 0 radical (unpaired) electrons. The van der Waals surface area contributed by atoms with E-state index in [9.17, 15) is 0 Å². The van der Waals surface area contributed by atoms with Crippen LogP contribution in [-0.2, 0) is 6.42 Å². The summed E-state index contributed by atoms with van der Waals surface area (Å²) < 4.78 is 5.06. The molecule has 0 aromatic heterocycles. The summed E-state index contributed by atoms with van der Waals surface area (Å²) in [4.78, 5) is 0. The molecule has 0 aliphatic heterocycles. The molecule has 80 valence electrons. The number of hydrogen-bond donors (Lipinski definition) is 1. The Kier molecular flexibility index (Phi) is 7.95. The van der Waals surface area contributed by atoms with Crippen molar-refractivity contribution in [2.75, 3.05) is 20.7 Å². The Labute approximate surface area is 87.3 Å². The second-order valence-corrected chi connectivity index (χ2v) is 2.70. The first kappa shape index (κ1) is 13.0. The van der Waals surface area contributed by atoms with Gasteiger partial charge in [-0.2, -0.15) is 0 Å². The predicted molar refractivity (Wildman–Crippen MR) is 62.0 cm³/mol. The van der Waals surface area contributed by atoms with Gasteiger partial charge in [-0.15, -0.1) is 0 Å². The molecule has 0 aliphatic carbocycles. The highest BCUT2D eigenvalue weighted by atomic mass is 16.5. The number of ether oxygens (including phenoxy) is 1. The summed E-state index contributed by atoms with van der Waals surface area (Å²) in [6.07, 6.45) is 1.07. The normalized spacial score (nSPS) is 8.86. The van der Waals surface area contributed by atoms with Crippen molar-refractivity contribution in [1.29, 1.82) is 0 Å².